The van der Waals surface area contributed by atoms with Crippen LogP contribution >= 0.6 is 0 Å². The summed E-state index contributed by atoms with van der Waals surface area (Å²) in [5, 5.41) is 8.03. The number of aromatic amines is 1. The lowest BCUT2D eigenvalue weighted by atomic mass is 9.91. The smallest absolute Gasteiger partial charge is 0.272 e. The van der Waals surface area contributed by atoms with Crippen molar-refractivity contribution in [3.05, 3.63) is 96.3 Å². The molecule has 0 unspecified atom stereocenters. The maximum Gasteiger partial charge on any atom is 0.433 e. The maximum atomic E-state index is 14.1. The van der Waals surface area contributed by atoms with E-state index in [1.54, 1.807) is 18.3 Å². The van der Waals surface area contributed by atoms with E-state index >= 15 is 0 Å². The van der Waals surface area contributed by atoms with E-state index in [9.17, 15) is 13.2 Å². The Morgan fingerprint density at radius 2 is 1.50 bits per heavy atom. The predicted molar refractivity (Wildman–Crippen MR) is 120 cm³/mol. The molecule has 0 amide bonds. The van der Waals surface area contributed by atoms with Crippen LogP contribution in [0.3, 0.4) is 0 Å². The normalized spacial score (nSPS) is 11.8. The van der Waals surface area contributed by atoms with Crippen LogP contribution in [0.25, 0.3) is 44.4 Å². The first kappa shape index (κ1) is 20.0. The Hall–Kier alpha value is -3.93. The van der Waals surface area contributed by atoms with E-state index in [4.69, 9.17) is 0 Å². The summed E-state index contributed by atoms with van der Waals surface area (Å²) in [5.41, 5.74) is 2.65. The highest BCUT2D eigenvalue weighted by atomic mass is 19.4. The van der Waals surface area contributed by atoms with Crippen molar-refractivity contribution in [1.29, 1.82) is 0 Å². The summed E-state index contributed by atoms with van der Waals surface area (Å²) in [7, 11) is 0. The van der Waals surface area contributed by atoms with Gasteiger partial charge in [-0.05, 0) is 41.1 Å². The molecular formula is C26H18F3N3. The number of alkyl halides is 3. The minimum absolute atomic E-state index is 0.00143. The van der Waals surface area contributed by atoms with E-state index in [1.807, 2.05) is 73.7 Å². The molecule has 1 N–H and O–H groups in total. The molecule has 5 aromatic rings. The minimum Gasteiger partial charge on any atom is -0.272 e. The molecule has 0 atom stereocenters. The van der Waals surface area contributed by atoms with Gasteiger partial charge in [0.25, 0.3) is 0 Å². The lowest BCUT2D eigenvalue weighted by molar-refractivity contribution is -0.140. The average molecular weight is 429 g/mol. The Morgan fingerprint density at radius 1 is 0.781 bits per heavy atom. The van der Waals surface area contributed by atoms with Crippen LogP contribution in [-0.4, -0.2) is 15.2 Å². The molecule has 2 aromatic heterocycles. The van der Waals surface area contributed by atoms with Gasteiger partial charge >= 0.3 is 6.18 Å². The van der Waals surface area contributed by atoms with E-state index in [2.05, 4.69) is 15.2 Å². The van der Waals surface area contributed by atoms with Crippen molar-refractivity contribution in [3.63, 3.8) is 0 Å². The second-order valence-corrected chi connectivity index (χ2v) is 7.62. The molecular weight excluding hydrogens is 411 g/mol. The Bertz CT molecular complexity index is 1420. The number of halogens is 3. The highest BCUT2D eigenvalue weighted by Gasteiger charge is 2.39. The number of aryl methyl sites for hydroxylation is 1. The van der Waals surface area contributed by atoms with Gasteiger partial charge in [-0.2, -0.15) is 18.3 Å². The van der Waals surface area contributed by atoms with E-state index in [-0.39, 0.29) is 11.3 Å². The third kappa shape index (κ3) is 3.43. The zero-order valence-electron chi connectivity index (χ0n) is 17.1. The first-order valence-electron chi connectivity index (χ1n) is 10.1. The van der Waals surface area contributed by atoms with Crippen LogP contribution < -0.4 is 0 Å². The number of aromatic nitrogens is 3. The zero-order chi connectivity index (χ0) is 22.3. The zero-order valence-corrected chi connectivity index (χ0v) is 17.1. The van der Waals surface area contributed by atoms with Gasteiger partial charge < -0.3 is 0 Å². The molecule has 32 heavy (non-hydrogen) atoms. The molecule has 158 valence electrons. The van der Waals surface area contributed by atoms with Gasteiger partial charge in [-0.25, -0.2) is 0 Å². The lowest BCUT2D eigenvalue weighted by Crippen LogP contribution is -2.07. The van der Waals surface area contributed by atoms with Gasteiger partial charge in [0, 0.05) is 17.1 Å². The molecule has 0 fully saturated rings. The molecule has 0 saturated carbocycles. The quantitative estimate of drug-likeness (QED) is 0.327. The second kappa shape index (κ2) is 7.64. The number of rotatable bonds is 3. The summed E-state index contributed by atoms with van der Waals surface area (Å²) < 4.78 is 42.3. The fraction of sp³-hybridized carbons (Fsp3) is 0.0769. The van der Waals surface area contributed by atoms with Gasteiger partial charge in [0.05, 0.1) is 5.69 Å². The van der Waals surface area contributed by atoms with Crippen LogP contribution in [0.4, 0.5) is 13.2 Å². The molecule has 0 spiro atoms. The van der Waals surface area contributed by atoms with Crippen LogP contribution in [0.5, 0.6) is 0 Å². The summed E-state index contributed by atoms with van der Waals surface area (Å²) in [4.78, 5) is 4.45. The SMILES string of the molecule is Cc1ccc2ccnc(-c3n[nH]c(C(F)(F)F)c3-c3ccccc3-c3ccccc3)c2c1. The highest BCUT2D eigenvalue weighted by molar-refractivity contribution is 6.00. The molecule has 2 heterocycles. The van der Waals surface area contributed by atoms with E-state index in [0.29, 0.717) is 16.8 Å². The van der Waals surface area contributed by atoms with Crippen molar-refractivity contribution < 1.29 is 13.2 Å². The molecule has 5 rings (SSSR count). The Labute approximate surface area is 182 Å². The van der Waals surface area contributed by atoms with Crippen LogP contribution in [0.2, 0.25) is 0 Å². The summed E-state index contributed by atoms with van der Waals surface area (Å²) in [6, 6.07) is 24.1. The van der Waals surface area contributed by atoms with E-state index < -0.39 is 11.9 Å². The summed E-state index contributed by atoms with van der Waals surface area (Å²) >= 11 is 0. The number of hydrogen-bond acceptors (Lipinski definition) is 2. The minimum atomic E-state index is -4.61. The monoisotopic (exact) mass is 429 g/mol. The van der Waals surface area contributed by atoms with Crippen LogP contribution in [0.1, 0.15) is 11.3 Å². The van der Waals surface area contributed by atoms with Crippen molar-refractivity contribution in [1.82, 2.24) is 15.2 Å². The van der Waals surface area contributed by atoms with Gasteiger partial charge in [0.1, 0.15) is 11.4 Å². The molecule has 0 aliphatic carbocycles. The van der Waals surface area contributed by atoms with Crippen molar-refractivity contribution in [3.8, 4) is 33.6 Å². The number of pyridine rings is 1. The first-order chi connectivity index (χ1) is 15.4. The van der Waals surface area contributed by atoms with Crippen molar-refractivity contribution >= 4 is 10.8 Å². The first-order valence-corrected chi connectivity index (χ1v) is 10.1. The third-order valence-electron chi connectivity index (χ3n) is 5.48. The van der Waals surface area contributed by atoms with Crippen LogP contribution in [-0.2, 0) is 6.18 Å². The molecule has 0 radical (unpaired) electrons. The third-order valence-corrected chi connectivity index (χ3v) is 5.48. The van der Waals surface area contributed by atoms with Gasteiger partial charge in [-0.15, -0.1) is 0 Å². The summed E-state index contributed by atoms with van der Waals surface area (Å²) in [6.45, 7) is 1.94. The Morgan fingerprint density at radius 3 is 2.25 bits per heavy atom. The number of fused-ring (bicyclic) bond motifs is 1. The lowest BCUT2D eigenvalue weighted by Gasteiger charge is -2.14. The molecule has 0 bridgehead atoms. The Kier molecular flexibility index (Phi) is 4.78. The molecule has 0 aliphatic rings. The predicted octanol–water partition coefficient (Wildman–Crippen LogP) is 7.29. The number of H-pyrrole nitrogens is 1. The van der Waals surface area contributed by atoms with Gasteiger partial charge in [-0.1, -0.05) is 72.3 Å². The number of hydrogen-bond donors (Lipinski definition) is 1. The average Bonchev–Trinajstić information content (AvgIpc) is 3.25. The number of benzene rings is 3. The highest BCUT2D eigenvalue weighted by Crippen LogP contribution is 2.45. The van der Waals surface area contributed by atoms with Gasteiger partial charge in [0.2, 0.25) is 0 Å². The van der Waals surface area contributed by atoms with E-state index in [0.717, 1.165) is 21.9 Å². The maximum absolute atomic E-state index is 14.1. The summed E-state index contributed by atoms with van der Waals surface area (Å²) in [6.07, 6.45) is -3.01. The van der Waals surface area contributed by atoms with Gasteiger partial charge in [0.15, 0.2) is 0 Å². The van der Waals surface area contributed by atoms with Crippen molar-refractivity contribution in [2.24, 2.45) is 0 Å². The largest absolute Gasteiger partial charge is 0.433 e. The Balaban J connectivity index is 1.85. The standard InChI is InChI=1S/C26H18F3N3/c1-16-11-12-18-13-14-30-23(21(18)15-16)24-22(25(32-31-24)26(27,28)29)20-10-6-5-9-19(20)17-7-3-2-4-8-17/h2-15H,1H3,(H,31,32). The van der Waals surface area contributed by atoms with Crippen LogP contribution in [0.15, 0.2) is 85.1 Å². The summed E-state index contributed by atoms with van der Waals surface area (Å²) in [5.74, 6) is 0. The topological polar surface area (TPSA) is 41.6 Å². The van der Waals surface area contributed by atoms with Gasteiger partial charge in [-0.3, -0.25) is 10.1 Å². The fourth-order valence-corrected chi connectivity index (χ4v) is 4.02. The second-order valence-electron chi connectivity index (χ2n) is 7.62. The molecule has 0 saturated heterocycles. The molecule has 0 aliphatic heterocycles. The molecule has 6 heteroatoms. The fourth-order valence-electron chi connectivity index (χ4n) is 4.02. The van der Waals surface area contributed by atoms with Crippen LogP contribution in [0, 0.1) is 6.92 Å². The van der Waals surface area contributed by atoms with Crippen molar-refractivity contribution in [2.75, 3.05) is 0 Å². The number of nitrogens with zero attached hydrogens (tertiary/aromatic N) is 2. The number of nitrogens with one attached hydrogen (secondary N) is 1. The van der Waals surface area contributed by atoms with E-state index in [1.165, 1.54) is 0 Å². The van der Waals surface area contributed by atoms with Crippen molar-refractivity contribution in [2.45, 2.75) is 13.1 Å². The molecule has 3 nitrogen and oxygen atoms in total. The molecule has 3 aromatic carbocycles.